The van der Waals surface area contributed by atoms with Crippen molar-refractivity contribution in [2.24, 2.45) is 5.73 Å². The summed E-state index contributed by atoms with van der Waals surface area (Å²) < 4.78 is 0. The van der Waals surface area contributed by atoms with Crippen molar-refractivity contribution in [3.05, 3.63) is 18.2 Å². The van der Waals surface area contributed by atoms with Crippen molar-refractivity contribution in [1.29, 1.82) is 0 Å². The zero-order chi connectivity index (χ0) is 25.3. The number of imidazole rings is 1. The van der Waals surface area contributed by atoms with Gasteiger partial charge in [0.15, 0.2) is 0 Å². The van der Waals surface area contributed by atoms with E-state index in [2.05, 4.69) is 31.2 Å². The lowest BCUT2D eigenvalue weighted by atomic mass is 10.1. The number of carbonyl (C=O) groups is 5. The highest BCUT2D eigenvalue weighted by Gasteiger charge is 2.33. The lowest BCUT2D eigenvalue weighted by molar-refractivity contribution is -0.143. The third kappa shape index (κ3) is 8.12. The van der Waals surface area contributed by atoms with E-state index in [1.165, 1.54) is 19.4 Å². The number of primary amides is 1. The van der Waals surface area contributed by atoms with E-state index in [-0.39, 0.29) is 25.2 Å². The van der Waals surface area contributed by atoms with E-state index >= 15 is 0 Å². The van der Waals surface area contributed by atoms with E-state index in [1.807, 2.05) is 0 Å². The summed E-state index contributed by atoms with van der Waals surface area (Å²) in [5.74, 6) is -4.25. The predicted molar refractivity (Wildman–Crippen MR) is 117 cm³/mol. The number of nitrogens with one attached hydrogen (secondary N) is 5. The molecule has 1 aliphatic rings. The van der Waals surface area contributed by atoms with E-state index in [1.54, 1.807) is 0 Å². The first kappa shape index (κ1) is 26.7. The average molecular weight is 482 g/mol. The molecule has 0 radical (unpaired) electrons. The van der Waals surface area contributed by atoms with Crippen LogP contribution in [0.3, 0.4) is 0 Å². The molecule has 34 heavy (non-hydrogen) atoms. The van der Waals surface area contributed by atoms with Gasteiger partial charge in [-0.3, -0.25) is 19.2 Å². The van der Waals surface area contributed by atoms with E-state index in [9.17, 15) is 34.2 Å². The number of carbonyl (C=O) groups excluding carboxylic acids is 4. The monoisotopic (exact) mass is 481 g/mol. The Morgan fingerprint density at radius 2 is 1.91 bits per heavy atom. The summed E-state index contributed by atoms with van der Waals surface area (Å²) in [6, 6.07) is -4.52. The normalized spacial score (nSPS) is 18.8. The minimum absolute atomic E-state index is 0.0365. The molecule has 0 saturated carbocycles. The fourth-order valence-corrected chi connectivity index (χ4v) is 3.47. The number of aromatic amines is 1. The summed E-state index contributed by atoms with van der Waals surface area (Å²) in [6.45, 7) is 1.93. The van der Waals surface area contributed by atoms with Gasteiger partial charge in [-0.05, 0) is 32.7 Å². The molecule has 14 nitrogen and oxygen atoms in total. The molecule has 0 aromatic carbocycles. The van der Waals surface area contributed by atoms with Crippen LogP contribution in [0.5, 0.6) is 0 Å². The number of aliphatic hydroxyl groups excluding tert-OH is 1. The first-order valence-electron chi connectivity index (χ1n) is 10.9. The third-order valence-corrected chi connectivity index (χ3v) is 5.35. The number of carboxylic acid groups (broad SMARTS) is 1. The summed E-state index contributed by atoms with van der Waals surface area (Å²) in [7, 11) is 0. The molecular weight excluding hydrogens is 450 g/mol. The third-order valence-electron chi connectivity index (χ3n) is 5.35. The van der Waals surface area contributed by atoms with Gasteiger partial charge in [0.05, 0.1) is 18.5 Å². The second kappa shape index (κ2) is 12.6. The quantitative estimate of drug-likeness (QED) is 0.142. The van der Waals surface area contributed by atoms with Gasteiger partial charge in [0.2, 0.25) is 23.6 Å². The maximum absolute atomic E-state index is 13.0. The smallest absolute Gasteiger partial charge is 0.326 e. The van der Waals surface area contributed by atoms with Gasteiger partial charge in [-0.1, -0.05) is 0 Å². The second-order valence-corrected chi connectivity index (χ2v) is 8.12. The van der Waals surface area contributed by atoms with Crippen molar-refractivity contribution in [3.8, 4) is 0 Å². The molecule has 14 heteroatoms. The number of hydrogen-bond acceptors (Lipinski definition) is 8. The molecule has 5 atom stereocenters. The Morgan fingerprint density at radius 3 is 2.44 bits per heavy atom. The van der Waals surface area contributed by atoms with Crippen LogP contribution in [0.25, 0.3) is 0 Å². The second-order valence-electron chi connectivity index (χ2n) is 8.12. The maximum atomic E-state index is 13.0. The average Bonchev–Trinajstić information content (AvgIpc) is 3.47. The molecule has 0 aliphatic carbocycles. The van der Waals surface area contributed by atoms with Crippen molar-refractivity contribution in [1.82, 2.24) is 31.2 Å². The maximum Gasteiger partial charge on any atom is 0.326 e. The van der Waals surface area contributed by atoms with Crippen molar-refractivity contribution >= 4 is 29.6 Å². The zero-order valence-corrected chi connectivity index (χ0v) is 18.7. The van der Waals surface area contributed by atoms with Gasteiger partial charge in [0, 0.05) is 24.7 Å². The fraction of sp³-hybridized carbons (Fsp3) is 0.600. The van der Waals surface area contributed by atoms with Crippen LogP contribution in [0.1, 0.15) is 38.3 Å². The van der Waals surface area contributed by atoms with E-state index in [0.717, 1.165) is 6.42 Å². The number of hydrogen-bond donors (Lipinski definition) is 8. The Morgan fingerprint density at radius 1 is 1.18 bits per heavy atom. The highest BCUT2D eigenvalue weighted by atomic mass is 16.4. The first-order valence-corrected chi connectivity index (χ1v) is 10.9. The molecule has 1 fully saturated rings. The molecule has 1 saturated heterocycles. The number of aromatic nitrogens is 2. The molecule has 0 spiro atoms. The van der Waals surface area contributed by atoms with Gasteiger partial charge in [-0.15, -0.1) is 0 Å². The summed E-state index contributed by atoms with van der Waals surface area (Å²) in [5, 5.41) is 29.6. The van der Waals surface area contributed by atoms with Crippen LogP contribution in [0.15, 0.2) is 12.5 Å². The Hall–Kier alpha value is -3.52. The van der Waals surface area contributed by atoms with Crippen LogP contribution in [0, 0.1) is 0 Å². The topological polar surface area (TPSA) is 229 Å². The molecule has 2 rings (SSSR count). The minimum atomic E-state index is -1.52. The molecule has 188 valence electrons. The number of aliphatic carboxylic acids is 1. The molecule has 1 aromatic heterocycles. The van der Waals surface area contributed by atoms with Gasteiger partial charge in [0.1, 0.15) is 18.1 Å². The number of H-pyrrole nitrogens is 1. The van der Waals surface area contributed by atoms with Gasteiger partial charge in [0.25, 0.3) is 0 Å². The van der Waals surface area contributed by atoms with Crippen LogP contribution in [0.2, 0.25) is 0 Å². The number of nitrogens with zero attached hydrogens (tertiary/aromatic N) is 1. The Balaban J connectivity index is 2.11. The molecule has 9 N–H and O–H groups in total. The van der Waals surface area contributed by atoms with E-state index < -0.39 is 54.0 Å². The van der Waals surface area contributed by atoms with Crippen molar-refractivity contribution in [2.45, 2.75) is 69.3 Å². The summed E-state index contributed by atoms with van der Waals surface area (Å²) in [5.41, 5.74) is 5.58. The summed E-state index contributed by atoms with van der Waals surface area (Å²) >= 11 is 0. The predicted octanol–water partition coefficient (Wildman–Crippen LogP) is -3.11. The fourth-order valence-electron chi connectivity index (χ4n) is 3.47. The van der Waals surface area contributed by atoms with Gasteiger partial charge in [-0.25, -0.2) is 9.78 Å². The number of aliphatic hydroxyl groups is 1. The van der Waals surface area contributed by atoms with Crippen molar-refractivity contribution in [3.63, 3.8) is 0 Å². The Kier molecular flexibility index (Phi) is 9.94. The van der Waals surface area contributed by atoms with Crippen LogP contribution in [-0.2, 0) is 30.4 Å². The lowest BCUT2D eigenvalue weighted by Gasteiger charge is -2.26. The minimum Gasteiger partial charge on any atom is -0.480 e. The molecule has 4 amide bonds. The van der Waals surface area contributed by atoms with Crippen LogP contribution >= 0.6 is 0 Å². The number of rotatable bonds is 13. The molecule has 5 unspecified atom stereocenters. The number of amides is 4. The summed E-state index contributed by atoms with van der Waals surface area (Å²) in [4.78, 5) is 67.4. The molecule has 1 aliphatic heterocycles. The Labute approximate surface area is 195 Å². The number of carboxylic acids is 1. The van der Waals surface area contributed by atoms with Crippen LogP contribution in [0.4, 0.5) is 0 Å². The van der Waals surface area contributed by atoms with Gasteiger partial charge in [-0.2, -0.15) is 0 Å². The van der Waals surface area contributed by atoms with Crippen molar-refractivity contribution < 1.29 is 34.2 Å². The lowest BCUT2D eigenvalue weighted by Crippen LogP contribution is -2.60. The van der Waals surface area contributed by atoms with Crippen LogP contribution in [-0.4, -0.2) is 86.6 Å². The molecule has 1 aromatic rings. The SMILES string of the molecule is CC(O)C(NC(=O)C(Cc1cnc[nH]1)NC(=O)C1CCCN1)C(=O)NC(CCC(N)=O)C(=O)O. The molecule has 0 bridgehead atoms. The molecular formula is C20H31N7O7. The highest BCUT2D eigenvalue weighted by molar-refractivity contribution is 5.94. The first-order chi connectivity index (χ1) is 16.1. The van der Waals surface area contributed by atoms with Crippen molar-refractivity contribution in [2.75, 3.05) is 6.54 Å². The van der Waals surface area contributed by atoms with Gasteiger partial charge < -0.3 is 42.2 Å². The number of nitrogens with two attached hydrogens (primary N) is 1. The van der Waals surface area contributed by atoms with Crippen LogP contribution < -0.4 is 27.0 Å². The highest BCUT2D eigenvalue weighted by Crippen LogP contribution is 2.08. The van der Waals surface area contributed by atoms with Gasteiger partial charge >= 0.3 is 5.97 Å². The van der Waals surface area contributed by atoms with E-state index in [0.29, 0.717) is 18.7 Å². The standard InChI is InChI=1S/C20H31N7O7/c1-10(28)16(19(32)25-13(20(33)34)4-5-15(21)29)27-18(31)14(7-11-8-22-9-24-11)26-17(30)12-3-2-6-23-12/h8-10,12-14,16,23,28H,2-7H2,1H3,(H2,21,29)(H,22,24)(H,25,32)(H,26,30)(H,27,31)(H,33,34). The zero-order valence-electron chi connectivity index (χ0n) is 18.7. The summed E-state index contributed by atoms with van der Waals surface area (Å²) in [6.07, 6.45) is 2.43. The Bertz CT molecular complexity index is 869. The van der Waals surface area contributed by atoms with E-state index in [4.69, 9.17) is 5.73 Å². The largest absolute Gasteiger partial charge is 0.480 e. The molecule has 2 heterocycles.